The zero-order chi connectivity index (χ0) is 13.8. The van der Waals surface area contributed by atoms with Gasteiger partial charge in [-0.15, -0.1) is 0 Å². The molecule has 2 aromatic carbocycles. The standard InChI is InChI=1S/C18H15NO/c20-17-12-15(11-14-7-3-1-4-8-14)13-19-18(17)16-9-5-2-6-10-16/h1-10,12-13,20H,11H2. The van der Waals surface area contributed by atoms with E-state index in [-0.39, 0.29) is 5.75 Å². The van der Waals surface area contributed by atoms with Gasteiger partial charge < -0.3 is 5.11 Å². The van der Waals surface area contributed by atoms with E-state index < -0.39 is 0 Å². The van der Waals surface area contributed by atoms with Gasteiger partial charge in [-0.05, 0) is 23.6 Å². The van der Waals surface area contributed by atoms with Crippen LogP contribution in [0.25, 0.3) is 11.3 Å². The number of hydrogen-bond donors (Lipinski definition) is 1. The lowest BCUT2D eigenvalue weighted by molar-refractivity contribution is 0.474. The van der Waals surface area contributed by atoms with Crippen molar-refractivity contribution in [3.05, 3.63) is 84.1 Å². The molecular formula is C18H15NO. The Morgan fingerprint density at radius 1 is 0.800 bits per heavy atom. The Bertz CT molecular complexity index is 693. The largest absolute Gasteiger partial charge is 0.506 e. The molecule has 0 saturated carbocycles. The summed E-state index contributed by atoms with van der Waals surface area (Å²) in [6, 6.07) is 21.7. The molecule has 2 nitrogen and oxygen atoms in total. The van der Waals surface area contributed by atoms with Crippen LogP contribution in [0.3, 0.4) is 0 Å². The number of rotatable bonds is 3. The Kier molecular flexibility index (Phi) is 3.46. The molecule has 0 unspecified atom stereocenters. The summed E-state index contributed by atoms with van der Waals surface area (Å²) in [7, 11) is 0. The van der Waals surface area contributed by atoms with Crippen LogP contribution >= 0.6 is 0 Å². The van der Waals surface area contributed by atoms with E-state index in [1.165, 1.54) is 5.56 Å². The van der Waals surface area contributed by atoms with Crippen LogP contribution in [0.4, 0.5) is 0 Å². The van der Waals surface area contributed by atoms with Gasteiger partial charge in [0.15, 0.2) is 0 Å². The number of hydrogen-bond acceptors (Lipinski definition) is 2. The molecule has 0 amide bonds. The Morgan fingerprint density at radius 2 is 1.45 bits per heavy atom. The molecule has 0 aliphatic rings. The third-order valence-electron chi connectivity index (χ3n) is 3.22. The lowest BCUT2D eigenvalue weighted by Crippen LogP contribution is -1.91. The third-order valence-corrected chi connectivity index (χ3v) is 3.22. The van der Waals surface area contributed by atoms with Gasteiger partial charge in [0.1, 0.15) is 11.4 Å². The maximum atomic E-state index is 10.2. The molecule has 1 N–H and O–H groups in total. The molecule has 3 rings (SSSR count). The fraction of sp³-hybridized carbons (Fsp3) is 0.0556. The average Bonchev–Trinajstić information content (AvgIpc) is 2.49. The monoisotopic (exact) mass is 261 g/mol. The molecule has 0 radical (unpaired) electrons. The Morgan fingerprint density at radius 3 is 2.10 bits per heavy atom. The fourth-order valence-electron chi connectivity index (χ4n) is 2.24. The van der Waals surface area contributed by atoms with Crippen molar-refractivity contribution in [1.82, 2.24) is 4.98 Å². The summed E-state index contributed by atoms with van der Waals surface area (Å²) < 4.78 is 0. The smallest absolute Gasteiger partial charge is 0.142 e. The summed E-state index contributed by atoms with van der Waals surface area (Å²) in [6.45, 7) is 0. The summed E-state index contributed by atoms with van der Waals surface area (Å²) >= 11 is 0. The highest BCUT2D eigenvalue weighted by Gasteiger charge is 2.07. The van der Waals surface area contributed by atoms with Gasteiger partial charge in [-0.2, -0.15) is 0 Å². The van der Waals surface area contributed by atoms with E-state index >= 15 is 0 Å². The first kappa shape index (κ1) is 12.4. The van der Waals surface area contributed by atoms with Crippen LogP contribution in [0.15, 0.2) is 72.9 Å². The van der Waals surface area contributed by atoms with Gasteiger partial charge in [0.2, 0.25) is 0 Å². The molecule has 1 aromatic heterocycles. The van der Waals surface area contributed by atoms with Crippen molar-refractivity contribution in [1.29, 1.82) is 0 Å². The van der Waals surface area contributed by atoms with Gasteiger partial charge in [-0.1, -0.05) is 60.7 Å². The van der Waals surface area contributed by atoms with E-state index in [1.54, 1.807) is 6.07 Å². The fourth-order valence-corrected chi connectivity index (χ4v) is 2.24. The summed E-state index contributed by atoms with van der Waals surface area (Å²) in [4.78, 5) is 4.39. The van der Waals surface area contributed by atoms with E-state index in [4.69, 9.17) is 0 Å². The van der Waals surface area contributed by atoms with Crippen molar-refractivity contribution < 1.29 is 5.11 Å². The molecule has 0 aliphatic heterocycles. The lowest BCUT2D eigenvalue weighted by Gasteiger charge is -2.07. The van der Waals surface area contributed by atoms with E-state index in [0.29, 0.717) is 5.69 Å². The maximum Gasteiger partial charge on any atom is 0.142 e. The van der Waals surface area contributed by atoms with Crippen LogP contribution < -0.4 is 0 Å². The predicted octanol–water partition coefficient (Wildman–Crippen LogP) is 4.05. The van der Waals surface area contributed by atoms with Crippen molar-refractivity contribution >= 4 is 0 Å². The molecule has 0 atom stereocenters. The highest BCUT2D eigenvalue weighted by atomic mass is 16.3. The molecule has 0 fully saturated rings. The molecule has 20 heavy (non-hydrogen) atoms. The van der Waals surface area contributed by atoms with Crippen molar-refractivity contribution in [2.75, 3.05) is 0 Å². The zero-order valence-corrected chi connectivity index (χ0v) is 11.0. The molecule has 0 bridgehead atoms. The van der Waals surface area contributed by atoms with Crippen LogP contribution in [0.5, 0.6) is 5.75 Å². The van der Waals surface area contributed by atoms with Gasteiger partial charge in [-0.3, -0.25) is 4.98 Å². The summed E-state index contributed by atoms with van der Waals surface area (Å²) in [5.74, 6) is 0.227. The first-order valence-electron chi connectivity index (χ1n) is 6.60. The van der Waals surface area contributed by atoms with Crippen LogP contribution in [0.2, 0.25) is 0 Å². The first-order valence-corrected chi connectivity index (χ1v) is 6.60. The number of aromatic hydroxyl groups is 1. The molecule has 0 saturated heterocycles. The van der Waals surface area contributed by atoms with E-state index in [1.807, 2.05) is 54.7 Å². The number of nitrogens with zero attached hydrogens (tertiary/aromatic N) is 1. The summed E-state index contributed by atoms with van der Waals surface area (Å²) in [5.41, 5.74) is 3.77. The summed E-state index contributed by atoms with van der Waals surface area (Å²) in [6.07, 6.45) is 2.60. The van der Waals surface area contributed by atoms with Crippen LogP contribution in [0, 0.1) is 0 Å². The number of pyridine rings is 1. The topological polar surface area (TPSA) is 33.1 Å². The van der Waals surface area contributed by atoms with Crippen molar-refractivity contribution in [3.63, 3.8) is 0 Å². The minimum atomic E-state index is 0.227. The van der Waals surface area contributed by atoms with Gasteiger partial charge in [0.05, 0.1) is 0 Å². The van der Waals surface area contributed by atoms with Gasteiger partial charge >= 0.3 is 0 Å². The van der Waals surface area contributed by atoms with Crippen LogP contribution in [-0.4, -0.2) is 10.1 Å². The molecule has 2 heteroatoms. The molecule has 98 valence electrons. The average molecular weight is 261 g/mol. The minimum absolute atomic E-state index is 0.227. The summed E-state index contributed by atoms with van der Waals surface area (Å²) in [5, 5.41) is 10.2. The second-order valence-corrected chi connectivity index (χ2v) is 4.74. The van der Waals surface area contributed by atoms with Crippen molar-refractivity contribution in [2.45, 2.75) is 6.42 Å². The van der Waals surface area contributed by atoms with Crippen molar-refractivity contribution in [3.8, 4) is 17.0 Å². The quantitative estimate of drug-likeness (QED) is 0.771. The normalized spacial score (nSPS) is 10.4. The number of benzene rings is 2. The second-order valence-electron chi connectivity index (χ2n) is 4.74. The molecular weight excluding hydrogens is 246 g/mol. The lowest BCUT2D eigenvalue weighted by atomic mass is 10.0. The van der Waals surface area contributed by atoms with Crippen LogP contribution in [-0.2, 0) is 6.42 Å². The van der Waals surface area contributed by atoms with Gasteiger partial charge in [0, 0.05) is 11.8 Å². The Labute approximate surface area is 118 Å². The van der Waals surface area contributed by atoms with E-state index in [9.17, 15) is 5.11 Å². The van der Waals surface area contributed by atoms with Crippen LogP contribution in [0.1, 0.15) is 11.1 Å². The first-order chi connectivity index (χ1) is 9.83. The highest BCUT2D eigenvalue weighted by Crippen LogP contribution is 2.27. The highest BCUT2D eigenvalue weighted by molar-refractivity contribution is 5.65. The van der Waals surface area contributed by atoms with E-state index in [2.05, 4.69) is 17.1 Å². The third kappa shape index (κ3) is 2.69. The minimum Gasteiger partial charge on any atom is -0.506 e. The van der Waals surface area contributed by atoms with E-state index in [0.717, 1.165) is 17.5 Å². The second kappa shape index (κ2) is 5.57. The molecule has 0 aliphatic carbocycles. The Balaban J connectivity index is 1.88. The zero-order valence-electron chi connectivity index (χ0n) is 11.0. The SMILES string of the molecule is Oc1cc(Cc2ccccc2)cnc1-c1ccccc1. The Hall–Kier alpha value is -2.61. The maximum absolute atomic E-state index is 10.2. The van der Waals surface area contributed by atoms with Gasteiger partial charge in [0.25, 0.3) is 0 Å². The molecule has 1 heterocycles. The molecule has 0 spiro atoms. The molecule has 3 aromatic rings. The number of aromatic nitrogens is 1. The van der Waals surface area contributed by atoms with Crippen molar-refractivity contribution in [2.24, 2.45) is 0 Å². The predicted molar refractivity (Wildman–Crippen MR) is 80.6 cm³/mol. The van der Waals surface area contributed by atoms with Gasteiger partial charge in [-0.25, -0.2) is 0 Å².